The average Bonchev–Trinajstić information content (AvgIpc) is 2.60. The molecule has 0 fully saturated rings. The van der Waals surface area contributed by atoms with E-state index in [9.17, 15) is 18.0 Å². The maximum absolute atomic E-state index is 12.6. The fourth-order valence-electron chi connectivity index (χ4n) is 1.72. The Morgan fingerprint density at radius 1 is 1.39 bits per heavy atom. The minimum absolute atomic E-state index is 0.397. The van der Waals surface area contributed by atoms with Gasteiger partial charge in [0.05, 0.1) is 11.1 Å². The van der Waals surface area contributed by atoms with Gasteiger partial charge in [0.15, 0.2) is 0 Å². The van der Waals surface area contributed by atoms with Crippen LogP contribution >= 0.6 is 0 Å². The largest absolute Gasteiger partial charge is 0.478 e. The van der Waals surface area contributed by atoms with Crippen molar-refractivity contribution in [1.82, 2.24) is 4.57 Å². The van der Waals surface area contributed by atoms with Crippen molar-refractivity contribution in [2.45, 2.75) is 39.4 Å². The second-order valence-electron chi connectivity index (χ2n) is 4.66. The molecule has 0 aliphatic carbocycles. The highest BCUT2D eigenvalue weighted by Crippen LogP contribution is 2.32. The number of hydrogen-bond donors (Lipinski definition) is 1. The van der Waals surface area contributed by atoms with E-state index in [1.54, 1.807) is 0 Å². The predicted octanol–water partition coefficient (Wildman–Crippen LogP) is 3.64. The second-order valence-corrected chi connectivity index (χ2v) is 4.66. The van der Waals surface area contributed by atoms with Gasteiger partial charge in [-0.3, -0.25) is 0 Å². The Labute approximate surface area is 103 Å². The van der Waals surface area contributed by atoms with Crippen LogP contribution in [0.5, 0.6) is 0 Å². The van der Waals surface area contributed by atoms with Crippen LogP contribution in [0.4, 0.5) is 13.2 Å². The van der Waals surface area contributed by atoms with Crippen molar-refractivity contribution in [2.75, 3.05) is 0 Å². The van der Waals surface area contributed by atoms with Crippen molar-refractivity contribution in [3.05, 3.63) is 23.5 Å². The van der Waals surface area contributed by atoms with Gasteiger partial charge in [-0.2, -0.15) is 13.2 Å². The summed E-state index contributed by atoms with van der Waals surface area (Å²) in [6.07, 6.45) is -1.10. The van der Waals surface area contributed by atoms with Gasteiger partial charge in [0.2, 0.25) is 0 Å². The fourth-order valence-corrected chi connectivity index (χ4v) is 1.72. The lowest BCUT2D eigenvalue weighted by Gasteiger charge is -2.06. The number of nitrogens with zero attached hydrogens (tertiary/aromatic N) is 1. The average molecular weight is 263 g/mol. The molecule has 1 rings (SSSR count). The summed E-state index contributed by atoms with van der Waals surface area (Å²) in [6, 6.07) is 0. The lowest BCUT2D eigenvalue weighted by molar-refractivity contribution is -0.138. The van der Waals surface area contributed by atoms with E-state index < -0.39 is 23.3 Å². The van der Waals surface area contributed by atoms with E-state index in [1.807, 2.05) is 13.8 Å². The third-order valence-electron chi connectivity index (χ3n) is 2.61. The molecule has 0 unspecified atom stereocenters. The van der Waals surface area contributed by atoms with Gasteiger partial charge >= 0.3 is 12.1 Å². The van der Waals surface area contributed by atoms with E-state index in [-0.39, 0.29) is 0 Å². The highest BCUT2D eigenvalue weighted by molar-refractivity contribution is 5.89. The molecule has 3 nitrogen and oxygen atoms in total. The summed E-state index contributed by atoms with van der Waals surface area (Å²) in [6.45, 7) is 4.45. The zero-order valence-electron chi connectivity index (χ0n) is 10.3. The molecule has 1 heterocycles. The summed E-state index contributed by atoms with van der Waals surface area (Å²) >= 11 is 0. The molecule has 0 atom stereocenters. The van der Waals surface area contributed by atoms with Crippen LogP contribution in [0.15, 0.2) is 12.4 Å². The van der Waals surface area contributed by atoms with Gasteiger partial charge < -0.3 is 9.67 Å². The maximum Gasteiger partial charge on any atom is 0.418 e. The Morgan fingerprint density at radius 2 is 2.00 bits per heavy atom. The third-order valence-corrected chi connectivity index (χ3v) is 2.61. The van der Waals surface area contributed by atoms with Gasteiger partial charge in [-0.1, -0.05) is 13.8 Å². The molecule has 1 aromatic rings. The van der Waals surface area contributed by atoms with Gasteiger partial charge in [0.1, 0.15) is 0 Å². The summed E-state index contributed by atoms with van der Waals surface area (Å²) in [5.41, 5.74) is -1.77. The quantitative estimate of drug-likeness (QED) is 0.881. The Balaban J connectivity index is 2.86. The number of aryl methyl sites for hydroxylation is 1. The number of carboxylic acids is 1. The molecule has 102 valence electrons. The van der Waals surface area contributed by atoms with Crippen molar-refractivity contribution in [2.24, 2.45) is 5.92 Å². The SMILES string of the molecule is CC(C)CCCn1cc(C(=O)O)c(C(F)(F)F)c1. The minimum Gasteiger partial charge on any atom is -0.478 e. The van der Waals surface area contributed by atoms with Crippen LogP contribution < -0.4 is 0 Å². The van der Waals surface area contributed by atoms with Gasteiger partial charge in [-0.15, -0.1) is 0 Å². The van der Waals surface area contributed by atoms with E-state index in [0.717, 1.165) is 25.2 Å². The Kier molecular flexibility index (Phi) is 4.43. The summed E-state index contributed by atoms with van der Waals surface area (Å²) < 4.78 is 39.1. The zero-order chi connectivity index (χ0) is 13.9. The molecule has 18 heavy (non-hydrogen) atoms. The maximum atomic E-state index is 12.6. The number of carboxylic acid groups (broad SMARTS) is 1. The summed E-state index contributed by atoms with van der Waals surface area (Å²) in [5, 5.41) is 8.74. The van der Waals surface area contributed by atoms with Gasteiger partial charge in [-0.05, 0) is 18.8 Å². The number of hydrogen-bond acceptors (Lipinski definition) is 1. The molecule has 0 spiro atoms. The molecular formula is C12H16F3NO2. The predicted molar refractivity (Wildman–Crippen MR) is 60.5 cm³/mol. The van der Waals surface area contributed by atoms with Crippen molar-refractivity contribution in [1.29, 1.82) is 0 Å². The Morgan fingerprint density at radius 3 is 2.39 bits per heavy atom. The normalized spacial score (nSPS) is 12.1. The van der Waals surface area contributed by atoms with Crippen molar-refractivity contribution in [3.8, 4) is 0 Å². The summed E-state index contributed by atoms with van der Waals surface area (Å²) in [7, 11) is 0. The summed E-state index contributed by atoms with van der Waals surface area (Å²) in [5.74, 6) is -1.08. The number of halogens is 3. The van der Waals surface area contributed by atoms with Crippen molar-refractivity contribution < 1.29 is 23.1 Å². The van der Waals surface area contributed by atoms with Crippen LogP contribution in [-0.4, -0.2) is 15.6 Å². The molecule has 0 aliphatic heterocycles. The minimum atomic E-state index is -4.63. The topological polar surface area (TPSA) is 42.2 Å². The number of alkyl halides is 3. The van der Waals surface area contributed by atoms with Crippen LogP contribution in [0, 0.1) is 5.92 Å². The van der Waals surface area contributed by atoms with E-state index in [4.69, 9.17) is 5.11 Å². The first-order valence-electron chi connectivity index (χ1n) is 5.72. The second kappa shape index (κ2) is 5.46. The van der Waals surface area contributed by atoms with Crippen LogP contribution in [0.1, 0.15) is 42.6 Å². The van der Waals surface area contributed by atoms with Crippen molar-refractivity contribution in [3.63, 3.8) is 0 Å². The highest BCUT2D eigenvalue weighted by atomic mass is 19.4. The molecule has 0 saturated carbocycles. The summed E-state index contributed by atoms with van der Waals surface area (Å²) in [4.78, 5) is 10.8. The lowest BCUT2D eigenvalue weighted by Crippen LogP contribution is -2.09. The first-order valence-corrected chi connectivity index (χ1v) is 5.72. The molecule has 1 N–H and O–H groups in total. The lowest BCUT2D eigenvalue weighted by atomic mass is 10.1. The molecule has 0 saturated heterocycles. The van der Waals surface area contributed by atoms with Gasteiger partial charge in [-0.25, -0.2) is 4.79 Å². The molecule has 0 amide bonds. The molecule has 0 aliphatic rings. The number of aromatic carboxylic acids is 1. The zero-order valence-corrected chi connectivity index (χ0v) is 10.3. The van der Waals surface area contributed by atoms with Gasteiger partial charge in [0.25, 0.3) is 0 Å². The Bertz CT molecular complexity index is 421. The van der Waals surface area contributed by atoms with E-state index in [0.29, 0.717) is 12.5 Å². The van der Waals surface area contributed by atoms with Crippen LogP contribution in [0.25, 0.3) is 0 Å². The molecule has 0 aromatic carbocycles. The third kappa shape index (κ3) is 3.78. The van der Waals surface area contributed by atoms with Gasteiger partial charge in [0, 0.05) is 18.9 Å². The highest BCUT2D eigenvalue weighted by Gasteiger charge is 2.36. The molecule has 1 aromatic heterocycles. The van der Waals surface area contributed by atoms with Crippen molar-refractivity contribution >= 4 is 5.97 Å². The van der Waals surface area contributed by atoms with E-state index in [1.165, 1.54) is 4.57 Å². The smallest absolute Gasteiger partial charge is 0.418 e. The van der Waals surface area contributed by atoms with Crippen LogP contribution in [0.3, 0.4) is 0 Å². The number of carbonyl (C=O) groups is 1. The van der Waals surface area contributed by atoms with Crippen LogP contribution in [-0.2, 0) is 12.7 Å². The first-order chi connectivity index (χ1) is 8.21. The molecule has 0 bridgehead atoms. The molecular weight excluding hydrogens is 247 g/mol. The monoisotopic (exact) mass is 263 g/mol. The molecule has 6 heteroatoms. The number of rotatable bonds is 5. The Hall–Kier alpha value is -1.46. The number of aromatic nitrogens is 1. The molecule has 0 radical (unpaired) electrons. The van der Waals surface area contributed by atoms with E-state index >= 15 is 0 Å². The first kappa shape index (κ1) is 14.6. The fraction of sp³-hybridized carbons (Fsp3) is 0.583. The van der Waals surface area contributed by atoms with Crippen LogP contribution in [0.2, 0.25) is 0 Å². The standard InChI is InChI=1S/C12H16F3NO2/c1-8(2)4-3-5-16-6-9(11(17)18)10(7-16)12(13,14)15/h6-8H,3-5H2,1-2H3,(H,17,18). The van der Waals surface area contributed by atoms with E-state index in [2.05, 4.69) is 0 Å².